The molecule has 1 aromatic rings. The maximum Gasteiger partial charge on any atom is 0.333 e. The zero-order chi connectivity index (χ0) is 19.9. The van der Waals surface area contributed by atoms with Crippen LogP contribution in [-0.2, 0) is 35.9 Å². The molecule has 1 aromatic carbocycles. The Morgan fingerprint density at radius 1 is 0.929 bits per heavy atom. The predicted molar refractivity (Wildman–Crippen MR) is 102 cm³/mol. The molecule has 2 N–H and O–H groups in total. The molecule has 0 atom stereocenters. The minimum absolute atomic E-state index is 0.0219. The number of urea groups is 1. The molecule has 1 saturated heterocycles. The molecule has 3 aliphatic rings. The van der Waals surface area contributed by atoms with Gasteiger partial charge in [-0.1, -0.05) is 6.07 Å². The van der Waals surface area contributed by atoms with Crippen LogP contribution in [0, 0.1) is 0 Å². The van der Waals surface area contributed by atoms with Gasteiger partial charge >= 0.3 is 16.2 Å². The van der Waals surface area contributed by atoms with Crippen LogP contribution in [-0.4, -0.2) is 31.8 Å². The van der Waals surface area contributed by atoms with Crippen molar-refractivity contribution in [3.05, 3.63) is 40.0 Å². The van der Waals surface area contributed by atoms with Crippen molar-refractivity contribution in [3.63, 3.8) is 0 Å². The van der Waals surface area contributed by atoms with Gasteiger partial charge in [-0.2, -0.15) is 21.5 Å². The van der Waals surface area contributed by atoms with Crippen LogP contribution < -0.4 is 10.0 Å². The summed E-state index contributed by atoms with van der Waals surface area (Å²) in [6, 6.07) is 1.43. The Morgan fingerprint density at radius 3 is 2.04 bits per heavy atom. The molecule has 2 amide bonds. The monoisotopic (exact) mass is 411 g/mol. The second kappa shape index (κ2) is 7.44. The van der Waals surface area contributed by atoms with E-state index in [2.05, 4.69) is 11.4 Å². The van der Waals surface area contributed by atoms with Crippen molar-refractivity contribution in [2.24, 2.45) is 0 Å². The van der Waals surface area contributed by atoms with Crippen molar-refractivity contribution in [3.8, 4) is 0 Å². The Hall–Kier alpha value is -2.00. The van der Waals surface area contributed by atoms with E-state index in [9.17, 15) is 22.0 Å². The molecule has 2 aliphatic carbocycles. The summed E-state index contributed by atoms with van der Waals surface area (Å²) in [4.78, 5) is 12.5. The van der Waals surface area contributed by atoms with Crippen molar-refractivity contribution in [1.82, 2.24) is 9.03 Å². The molecule has 0 saturated carbocycles. The molecule has 1 heterocycles. The molecule has 0 unspecified atom stereocenters. The SMILES string of the molecule is O=C(Nc1c2c(cc3c1CCC3)CCC2)NS(=O)(=O)N1CCC(=C(F)F)CC1. The van der Waals surface area contributed by atoms with Crippen LogP contribution in [0.2, 0.25) is 0 Å². The van der Waals surface area contributed by atoms with Crippen molar-refractivity contribution >= 4 is 21.9 Å². The van der Waals surface area contributed by atoms with Gasteiger partial charge in [-0.15, -0.1) is 0 Å². The van der Waals surface area contributed by atoms with Gasteiger partial charge in [0.25, 0.3) is 6.08 Å². The number of aryl methyl sites for hydroxylation is 2. The number of nitrogens with one attached hydrogen (secondary N) is 2. The summed E-state index contributed by atoms with van der Waals surface area (Å²) in [5.74, 6) is 0. The van der Waals surface area contributed by atoms with E-state index < -0.39 is 22.3 Å². The lowest BCUT2D eigenvalue weighted by molar-refractivity contribution is 0.255. The molecule has 4 rings (SSSR count). The minimum Gasteiger partial charge on any atom is -0.307 e. The van der Waals surface area contributed by atoms with Gasteiger partial charge in [0.1, 0.15) is 0 Å². The van der Waals surface area contributed by atoms with Crippen LogP contribution in [0.15, 0.2) is 17.7 Å². The summed E-state index contributed by atoms with van der Waals surface area (Å²) in [7, 11) is -4.08. The maximum absolute atomic E-state index is 12.6. The molecular formula is C19H23F2N3O3S. The van der Waals surface area contributed by atoms with Gasteiger partial charge in [-0.3, -0.25) is 0 Å². The molecule has 152 valence electrons. The average molecular weight is 411 g/mol. The number of rotatable bonds is 3. The van der Waals surface area contributed by atoms with Crippen LogP contribution in [0.4, 0.5) is 19.3 Å². The fraction of sp³-hybridized carbons (Fsp3) is 0.526. The van der Waals surface area contributed by atoms with Crippen molar-refractivity contribution in [2.45, 2.75) is 51.4 Å². The number of benzene rings is 1. The fourth-order valence-corrected chi connectivity index (χ4v) is 5.55. The lowest BCUT2D eigenvalue weighted by Gasteiger charge is -2.27. The zero-order valence-corrected chi connectivity index (χ0v) is 16.3. The third kappa shape index (κ3) is 3.65. The average Bonchev–Trinajstić information content (AvgIpc) is 3.30. The van der Waals surface area contributed by atoms with Crippen LogP contribution >= 0.6 is 0 Å². The number of carbonyl (C=O) groups excluding carboxylic acids is 1. The number of piperidine rings is 1. The van der Waals surface area contributed by atoms with Crippen molar-refractivity contribution in [2.75, 3.05) is 18.4 Å². The summed E-state index contributed by atoms with van der Waals surface area (Å²) in [5, 5.41) is 2.78. The van der Waals surface area contributed by atoms with Gasteiger partial charge in [0.2, 0.25) is 0 Å². The van der Waals surface area contributed by atoms with Gasteiger partial charge in [0.05, 0.1) is 0 Å². The van der Waals surface area contributed by atoms with E-state index in [4.69, 9.17) is 0 Å². The highest BCUT2D eigenvalue weighted by atomic mass is 32.2. The highest BCUT2D eigenvalue weighted by molar-refractivity contribution is 7.87. The van der Waals surface area contributed by atoms with E-state index in [0.717, 1.165) is 59.6 Å². The minimum atomic E-state index is -4.08. The Kier molecular flexibility index (Phi) is 5.13. The summed E-state index contributed by atoms with van der Waals surface area (Å²) >= 11 is 0. The Labute approximate surface area is 163 Å². The largest absolute Gasteiger partial charge is 0.333 e. The number of amides is 2. The second-order valence-corrected chi connectivity index (χ2v) is 9.23. The molecule has 1 fully saturated rings. The Bertz CT molecular complexity index is 913. The predicted octanol–water partition coefficient (Wildman–Crippen LogP) is 3.28. The first-order valence-corrected chi connectivity index (χ1v) is 11.1. The summed E-state index contributed by atoms with van der Waals surface area (Å²) in [5.41, 5.74) is 5.44. The number of halogens is 2. The molecule has 6 nitrogen and oxygen atoms in total. The molecule has 0 bridgehead atoms. The highest BCUT2D eigenvalue weighted by Crippen LogP contribution is 2.38. The number of carbonyl (C=O) groups is 1. The van der Waals surface area contributed by atoms with Crippen LogP contribution in [0.5, 0.6) is 0 Å². The summed E-state index contributed by atoms with van der Waals surface area (Å²) in [6.07, 6.45) is 3.98. The number of fused-ring (bicyclic) bond motifs is 2. The first-order chi connectivity index (χ1) is 13.3. The van der Waals surface area contributed by atoms with Crippen LogP contribution in [0.3, 0.4) is 0 Å². The van der Waals surface area contributed by atoms with E-state index in [-0.39, 0.29) is 31.5 Å². The molecule has 9 heteroatoms. The van der Waals surface area contributed by atoms with Gasteiger partial charge < -0.3 is 5.32 Å². The van der Waals surface area contributed by atoms with Gasteiger partial charge in [0, 0.05) is 18.8 Å². The Balaban J connectivity index is 1.48. The third-order valence-electron chi connectivity index (χ3n) is 5.87. The topological polar surface area (TPSA) is 78.5 Å². The first-order valence-electron chi connectivity index (χ1n) is 9.63. The number of hydrogen-bond donors (Lipinski definition) is 2. The number of anilines is 1. The van der Waals surface area contributed by atoms with Crippen molar-refractivity contribution in [1.29, 1.82) is 0 Å². The lowest BCUT2D eigenvalue weighted by Crippen LogP contribution is -2.47. The van der Waals surface area contributed by atoms with Gasteiger partial charge in [-0.05, 0) is 79.2 Å². The molecule has 1 aliphatic heterocycles. The standard InChI is InChI=1S/C19H23F2N3O3S/c20-18(21)12-7-9-24(10-8-12)28(26,27)23-19(25)22-17-15-5-1-3-13(15)11-14-4-2-6-16(14)17/h11H,1-10H2,(H2,22,23,25). The van der Waals surface area contributed by atoms with Crippen molar-refractivity contribution < 1.29 is 22.0 Å². The highest BCUT2D eigenvalue weighted by Gasteiger charge is 2.30. The molecule has 0 spiro atoms. The zero-order valence-electron chi connectivity index (χ0n) is 15.5. The second-order valence-electron chi connectivity index (χ2n) is 7.56. The smallest absolute Gasteiger partial charge is 0.307 e. The first kappa shape index (κ1) is 19.3. The van der Waals surface area contributed by atoms with E-state index in [1.54, 1.807) is 0 Å². The summed E-state index contributed by atoms with van der Waals surface area (Å²) < 4.78 is 53.3. The van der Waals surface area contributed by atoms with E-state index in [0.29, 0.717) is 0 Å². The number of nitrogens with zero attached hydrogens (tertiary/aromatic N) is 1. The van der Waals surface area contributed by atoms with Crippen LogP contribution in [0.1, 0.15) is 47.9 Å². The summed E-state index contributed by atoms with van der Waals surface area (Å²) in [6.45, 7) is -0.128. The van der Waals surface area contributed by atoms with E-state index in [1.807, 2.05) is 4.72 Å². The van der Waals surface area contributed by atoms with Gasteiger partial charge in [0.15, 0.2) is 0 Å². The fourth-order valence-electron chi connectivity index (χ4n) is 4.47. The van der Waals surface area contributed by atoms with E-state index in [1.165, 1.54) is 11.1 Å². The van der Waals surface area contributed by atoms with Gasteiger partial charge in [-0.25, -0.2) is 9.52 Å². The third-order valence-corrected chi connectivity index (χ3v) is 7.35. The molecule has 0 radical (unpaired) electrons. The maximum atomic E-state index is 12.6. The number of hydrogen-bond acceptors (Lipinski definition) is 3. The molecular weight excluding hydrogens is 388 g/mol. The normalized spacial score (nSPS) is 19.3. The molecule has 28 heavy (non-hydrogen) atoms. The quantitative estimate of drug-likeness (QED) is 0.801. The van der Waals surface area contributed by atoms with E-state index >= 15 is 0 Å². The molecule has 0 aromatic heterocycles. The Morgan fingerprint density at radius 2 is 1.50 bits per heavy atom. The van der Waals surface area contributed by atoms with Crippen LogP contribution in [0.25, 0.3) is 0 Å². The lowest BCUT2D eigenvalue weighted by atomic mass is 9.99.